The summed E-state index contributed by atoms with van der Waals surface area (Å²) in [6, 6.07) is 9.81. The van der Waals surface area contributed by atoms with Crippen molar-refractivity contribution in [1.82, 2.24) is 0 Å². The number of ketones is 1. The zero-order valence-electron chi connectivity index (χ0n) is 13.0. The van der Waals surface area contributed by atoms with Crippen LogP contribution in [0.2, 0.25) is 0 Å². The predicted octanol–water partition coefficient (Wildman–Crippen LogP) is 2.21. The number of rotatable bonds is 7. The van der Waals surface area contributed by atoms with Gasteiger partial charge >= 0.3 is 0 Å². The van der Waals surface area contributed by atoms with Crippen molar-refractivity contribution >= 4 is 5.78 Å². The first-order chi connectivity index (χ1) is 10.2. The third-order valence-electron chi connectivity index (χ3n) is 4.63. The van der Waals surface area contributed by atoms with Gasteiger partial charge in [-0.3, -0.25) is 4.79 Å². The van der Waals surface area contributed by atoms with Crippen molar-refractivity contribution in [1.29, 1.82) is 0 Å². The van der Waals surface area contributed by atoms with Gasteiger partial charge in [-0.2, -0.15) is 0 Å². The highest BCUT2D eigenvalue weighted by molar-refractivity contribution is 5.81. The lowest BCUT2D eigenvalue weighted by molar-refractivity contribution is -0.693. The van der Waals surface area contributed by atoms with Crippen molar-refractivity contribution in [2.75, 3.05) is 6.54 Å². The molecule has 1 aliphatic carbocycles. The molecule has 3 N–H and O–H groups in total. The lowest BCUT2D eigenvalue weighted by atomic mass is 9.85. The second-order valence-corrected chi connectivity index (χ2v) is 6.29. The number of aliphatic hydroxyl groups is 1. The summed E-state index contributed by atoms with van der Waals surface area (Å²) >= 11 is 0. The molecule has 3 nitrogen and oxygen atoms in total. The van der Waals surface area contributed by atoms with Gasteiger partial charge in [0.05, 0.1) is 13.0 Å². The average molecular weight is 290 g/mol. The van der Waals surface area contributed by atoms with E-state index >= 15 is 0 Å². The predicted molar refractivity (Wildman–Crippen MR) is 83.9 cm³/mol. The summed E-state index contributed by atoms with van der Waals surface area (Å²) in [5.41, 5.74) is 0.944. The maximum absolute atomic E-state index is 12.1. The highest BCUT2D eigenvalue weighted by atomic mass is 16.3. The molecule has 21 heavy (non-hydrogen) atoms. The zero-order valence-corrected chi connectivity index (χ0v) is 13.0. The molecule has 2 atom stereocenters. The van der Waals surface area contributed by atoms with Gasteiger partial charge in [0.25, 0.3) is 0 Å². The van der Waals surface area contributed by atoms with Crippen LogP contribution in [-0.2, 0) is 4.79 Å². The van der Waals surface area contributed by atoms with Gasteiger partial charge in [-0.25, -0.2) is 0 Å². The summed E-state index contributed by atoms with van der Waals surface area (Å²) in [4.78, 5) is 12.1. The smallest absolute Gasteiger partial charge is 0.141 e. The molecule has 0 bridgehead atoms. The summed E-state index contributed by atoms with van der Waals surface area (Å²) < 4.78 is 0. The van der Waals surface area contributed by atoms with Crippen LogP contribution in [0.4, 0.5) is 0 Å². The van der Waals surface area contributed by atoms with Crippen LogP contribution in [0.25, 0.3) is 0 Å². The molecule has 1 aromatic carbocycles. The topological polar surface area (TPSA) is 53.9 Å². The molecule has 0 radical (unpaired) electrons. The molecule has 0 saturated heterocycles. The number of hydrogen-bond donors (Lipinski definition) is 2. The van der Waals surface area contributed by atoms with E-state index < -0.39 is 6.10 Å². The molecule has 1 aromatic rings. The van der Waals surface area contributed by atoms with E-state index in [1.807, 2.05) is 37.3 Å². The fourth-order valence-electron chi connectivity index (χ4n) is 3.20. The molecule has 1 fully saturated rings. The summed E-state index contributed by atoms with van der Waals surface area (Å²) in [7, 11) is 0. The Balaban J connectivity index is 1.71. The van der Waals surface area contributed by atoms with Crippen molar-refractivity contribution in [2.24, 2.45) is 5.92 Å². The first kappa shape index (κ1) is 16.2. The molecule has 116 valence electrons. The summed E-state index contributed by atoms with van der Waals surface area (Å²) in [5, 5.41) is 12.4. The standard InChI is InChI=1S/C18H27NO2/c1-14(18(21)16-10-6-3-7-11-16)19-13-12-17(20)15-8-4-2-5-9-15/h3,6-7,10-11,14-15,18-19,21H,2,4-5,8-9,12-13H2,1H3/p+1/t14-,18-/m0/s1. The van der Waals surface area contributed by atoms with Crippen molar-refractivity contribution in [3.05, 3.63) is 35.9 Å². The Bertz CT molecular complexity index is 426. The normalized spacial score (nSPS) is 19.1. The second-order valence-electron chi connectivity index (χ2n) is 6.29. The highest BCUT2D eigenvalue weighted by Crippen LogP contribution is 2.24. The maximum atomic E-state index is 12.1. The quantitative estimate of drug-likeness (QED) is 0.809. The van der Waals surface area contributed by atoms with E-state index in [0.717, 1.165) is 24.9 Å². The average Bonchev–Trinajstić information content (AvgIpc) is 2.55. The molecule has 0 spiro atoms. The molecule has 0 amide bonds. The third kappa shape index (κ3) is 4.94. The number of carbonyl (C=O) groups excluding carboxylic acids is 1. The molecular formula is C18H28NO2+. The number of quaternary nitrogens is 1. The minimum absolute atomic E-state index is 0.0755. The van der Waals surface area contributed by atoms with E-state index in [-0.39, 0.29) is 6.04 Å². The molecule has 0 aromatic heterocycles. The van der Waals surface area contributed by atoms with E-state index in [1.54, 1.807) is 0 Å². The van der Waals surface area contributed by atoms with E-state index in [0.29, 0.717) is 18.1 Å². The Morgan fingerprint density at radius 3 is 2.57 bits per heavy atom. The molecule has 2 rings (SSSR count). The minimum Gasteiger partial charge on any atom is -0.382 e. The lowest BCUT2D eigenvalue weighted by Crippen LogP contribution is -2.90. The molecule has 0 unspecified atom stereocenters. The fraction of sp³-hybridized carbons (Fsp3) is 0.611. The van der Waals surface area contributed by atoms with Crippen LogP contribution in [-0.4, -0.2) is 23.5 Å². The maximum Gasteiger partial charge on any atom is 0.141 e. The zero-order chi connectivity index (χ0) is 15.1. The van der Waals surface area contributed by atoms with Crippen LogP contribution in [0.1, 0.15) is 57.1 Å². The largest absolute Gasteiger partial charge is 0.382 e. The molecular weight excluding hydrogens is 262 g/mol. The first-order valence-electron chi connectivity index (χ1n) is 8.27. The summed E-state index contributed by atoms with van der Waals surface area (Å²) in [5.74, 6) is 0.730. The van der Waals surface area contributed by atoms with Crippen LogP contribution >= 0.6 is 0 Å². The van der Waals surface area contributed by atoms with Gasteiger partial charge in [0.2, 0.25) is 0 Å². The molecule has 0 aliphatic heterocycles. The Morgan fingerprint density at radius 1 is 1.24 bits per heavy atom. The van der Waals surface area contributed by atoms with Gasteiger partial charge in [0.1, 0.15) is 17.9 Å². The Morgan fingerprint density at radius 2 is 1.90 bits per heavy atom. The fourth-order valence-corrected chi connectivity index (χ4v) is 3.20. The van der Waals surface area contributed by atoms with E-state index in [4.69, 9.17) is 0 Å². The monoisotopic (exact) mass is 290 g/mol. The number of nitrogens with two attached hydrogens (primary N) is 1. The first-order valence-corrected chi connectivity index (χ1v) is 8.27. The van der Waals surface area contributed by atoms with Crippen LogP contribution in [0.5, 0.6) is 0 Å². The van der Waals surface area contributed by atoms with Gasteiger partial charge in [-0.05, 0) is 25.3 Å². The van der Waals surface area contributed by atoms with Crippen molar-refractivity contribution in [3.63, 3.8) is 0 Å². The Hall–Kier alpha value is -1.19. The summed E-state index contributed by atoms with van der Waals surface area (Å²) in [6.45, 7) is 2.79. The number of aliphatic hydroxyl groups excluding tert-OH is 1. The molecule has 0 heterocycles. The molecule has 1 aliphatic rings. The van der Waals surface area contributed by atoms with Gasteiger partial charge in [0.15, 0.2) is 0 Å². The number of benzene rings is 1. The van der Waals surface area contributed by atoms with Gasteiger partial charge < -0.3 is 10.4 Å². The highest BCUT2D eigenvalue weighted by Gasteiger charge is 2.23. The lowest BCUT2D eigenvalue weighted by Gasteiger charge is -2.21. The number of hydrogen-bond acceptors (Lipinski definition) is 2. The molecule has 1 saturated carbocycles. The van der Waals surface area contributed by atoms with Crippen LogP contribution in [0.3, 0.4) is 0 Å². The number of Topliss-reactive ketones (excluding diaryl/α,β-unsaturated/α-hetero) is 1. The second kappa shape index (κ2) is 8.30. The van der Waals surface area contributed by atoms with Crippen molar-refractivity contribution < 1.29 is 15.2 Å². The van der Waals surface area contributed by atoms with E-state index in [9.17, 15) is 9.90 Å². The van der Waals surface area contributed by atoms with Crippen LogP contribution in [0.15, 0.2) is 30.3 Å². The molecule has 3 heteroatoms. The van der Waals surface area contributed by atoms with E-state index in [1.165, 1.54) is 19.3 Å². The summed E-state index contributed by atoms with van der Waals surface area (Å²) in [6.07, 6.45) is 6.04. The van der Waals surface area contributed by atoms with Crippen LogP contribution < -0.4 is 5.32 Å². The third-order valence-corrected chi connectivity index (χ3v) is 4.63. The van der Waals surface area contributed by atoms with Gasteiger partial charge in [0, 0.05) is 5.92 Å². The Labute approximate surface area is 127 Å². The van der Waals surface area contributed by atoms with Crippen LogP contribution in [0, 0.1) is 5.92 Å². The van der Waals surface area contributed by atoms with Crippen molar-refractivity contribution in [3.8, 4) is 0 Å². The van der Waals surface area contributed by atoms with E-state index in [2.05, 4.69) is 5.32 Å². The Kier molecular flexibility index (Phi) is 6.40. The van der Waals surface area contributed by atoms with Crippen molar-refractivity contribution in [2.45, 2.75) is 57.6 Å². The number of carbonyl (C=O) groups is 1. The van der Waals surface area contributed by atoms with Gasteiger partial charge in [-0.1, -0.05) is 49.6 Å². The van der Waals surface area contributed by atoms with Gasteiger partial charge in [-0.15, -0.1) is 0 Å². The SMILES string of the molecule is C[C@H]([NH2+]CCC(=O)C1CCCCC1)[C@H](O)c1ccccc1. The minimum atomic E-state index is -0.476.